The van der Waals surface area contributed by atoms with Gasteiger partial charge in [0.15, 0.2) is 18.3 Å². The molecule has 6 heteroatoms. The molecule has 0 saturated carbocycles. The Bertz CT molecular complexity index is 924. The minimum atomic E-state index is -0.245. The van der Waals surface area contributed by atoms with Gasteiger partial charge in [-0.15, -0.1) is 0 Å². The number of anilines is 1. The molecule has 29 heavy (non-hydrogen) atoms. The van der Waals surface area contributed by atoms with Crippen molar-refractivity contribution >= 4 is 17.5 Å². The van der Waals surface area contributed by atoms with E-state index in [1.54, 1.807) is 6.26 Å². The Hall–Kier alpha value is -3.38. The van der Waals surface area contributed by atoms with Gasteiger partial charge in [0.2, 0.25) is 5.91 Å². The van der Waals surface area contributed by atoms with Gasteiger partial charge in [0, 0.05) is 11.3 Å². The summed E-state index contributed by atoms with van der Waals surface area (Å²) in [7, 11) is 0. The normalized spacial score (nSPS) is 11.6. The van der Waals surface area contributed by atoms with Crippen LogP contribution in [-0.2, 0) is 16.0 Å². The maximum absolute atomic E-state index is 12.3. The monoisotopic (exact) mass is 392 g/mol. The van der Waals surface area contributed by atoms with Crippen molar-refractivity contribution in [3.8, 4) is 0 Å². The number of benzene rings is 2. The van der Waals surface area contributed by atoms with Crippen LogP contribution in [0.15, 0.2) is 77.4 Å². The van der Waals surface area contributed by atoms with Gasteiger partial charge in [-0.1, -0.05) is 55.5 Å². The van der Waals surface area contributed by atoms with Crippen LogP contribution in [0.3, 0.4) is 0 Å². The van der Waals surface area contributed by atoms with Crippen LogP contribution in [0.1, 0.15) is 29.9 Å². The number of furan rings is 1. The second-order valence-electron chi connectivity index (χ2n) is 6.68. The number of amides is 2. The summed E-state index contributed by atoms with van der Waals surface area (Å²) in [6.07, 6.45) is 2.45. The predicted molar refractivity (Wildman–Crippen MR) is 111 cm³/mol. The Labute approximate surface area is 170 Å². The lowest BCUT2D eigenvalue weighted by molar-refractivity contribution is -0.678. The molecule has 3 rings (SSSR count). The van der Waals surface area contributed by atoms with Crippen molar-refractivity contribution in [3.05, 3.63) is 89.9 Å². The number of nitrogens with two attached hydrogens (primary N) is 1. The Balaban J connectivity index is 1.51. The second-order valence-corrected chi connectivity index (χ2v) is 6.68. The molecule has 0 aliphatic heterocycles. The molecule has 1 heterocycles. The summed E-state index contributed by atoms with van der Waals surface area (Å²) >= 11 is 0. The van der Waals surface area contributed by atoms with Gasteiger partial charge < -0.3 is 20.4 Å². The van der Waals surface area contributed by atoms with Crippen LogP contribution in [0.2, 0.25) is 0 Å². The first-order valence-electron chi connectivity index (χ1n) is 9.73. The van der Waals surface area contributed by atoms with Crippen molar-refractivity contribution in [2.75, 3.05) is 18.4 Å². The minimum absolute atomic E-state index is 0.0680. The average molecular weight is 392 g/mol. The molecule has 0 aliphatic rings. The summed E-state index contributed by atoms with van der Waals surface area (Å²) in [6, 6.07) is 21.1. The van der Waals surface area contributed by atoms with Crippen LogP contribution in [0.4, 0.5) is 5.69 Å². The van der Waals surface area contributed by atoms with Crippen molar-refractivity contribution < 1.29 is 19.3 Å². The van der Waals surface area contributed by atoms with Crippen molar-refractivity contribution in [2.45, 2.75) is 19.4 Å². The highest BCUT2D eigenvalue weighted by molar-refractivity contribution is 5.95. The zero-order chi connectivity index (χ0) is 20.5. The van der Waals surface area contributed by atoms with E-state index in [-0.39, 0.29) is 30.9 Å². The Morgan fingerprint density at radius 3 is 2.45 bits per heavy atom. The third-order valence-electron chi connectivity index (χ3n) is 4.67. The molecule has 2 amide bonds. The average Bonchev–Trinajstić information content (AvgIpc) is 3.28. The van der Waals surface area contributed by atoms with E-state index >= 15 is 0 Å². The Kier molecular flexibility index (Phi) is 7.19. The molecule has 6 nitrogen and oxygen atoms in total. The number of carbonyl (C=O) groups excluding carboxylic acids is 2. The number of carbonyl (C=O) groups is 2. The minimum Gasteiger partial charge on any atom is -0.463 e. The Morgan fingerprint density at radius 1 is 0.966 bits per heavy atom. The highest BCUT2D eigenvalue weighted by atomic mass is 16.3. The quantitative estimate of drug-likeness (QED) is 0.522. The molecule has 3 aromatic rings. The molecule has 0 unspecified atom stereocenters. The van der Waals surface area contributed by atoms with E-state index in [9.17, 15) is 9.59 Å². The molecule has 0 aliphatic carbocycles. The first-order chi connectivity index (χ1) is 14.2. The Morgan fingerprint density at radius 2 is 1.72 bits per heavy atom. The van der Waals surface area contributed by atoms with Gasteiger partial charge in [0.25, 0.3) is 5.91 Å². The van der Waals surface area contributed by atoms with E-state index < -0.39 is 0 Å². The third-order valence-corrected chi connectivity index (χ3v) is 4.67. The molecule has 0 saturated heterocycles. The molecule has 1 atom stereocenters. The van der Waals surface area contributed by atoms with Crippen LogP contribution in [0.25, 0.3) is 0 Å². The van der Waals surface area contributed by atoms with Gasteiger partial charge in [-0.25, -0.2) is 0 Å². The van der Waals surface area contributed by atoms with E-state index in [0.29, 0.717) is 0 Å². The zero-order valence-electron chi connectivity index (χ0n) is 16.4. The van der Waals surface area contributed by atoms with E-state index in [4.69, 9.17) is 4.42 Å². The highest BCUT2D eigenvalue weighted by Gasteiger charge is 2.21. The largest absolute Gasteiger partial charge is 0.463 e. The lowest BCUT2D eigenvalue weighted by Gasteiger charge is -2.14. The van der Waals surface area contributed by atoms with Gasteiger partial charge in [0.05, 0.1) is 12.8 Å². The molecule has 0 radical (unpaired) electrons. The maximum Gasteiger partial charge on any atom is 0.275 e. The number of hydrogen-bond donors (Lipinski definition) is 3. The van der Waals surface area contributed by atoms with E-state index in [1.165, 1.54) is 0 Å². The summed E-state index contributed by atoms with van der Waals surface area (Å²) in [6.45, 7) is 2.14. The van der Waals surface area contributed by atoms with Crippen LogP contribution >= 0.6 is 0 Å². The van der Waals surface area contributed by atoms with Gasteiger partial charge in [-0.2, -0.15) is 0 Å². The summed E-state index contributed by atoms with van der Waals surface area (Å²) in [5, 5.41) is 7.43. The second kappa shape index (κ2) is 10.2. The number of nitrogens with one attached hydrogen (secondary N) is 2. The lowest BCUT2D eigenvalue weighted by atomic mass is 10.0. The number of quaternary nitrogens is 1. The number of hydrogen-bond acceptors (Lipinski definition) is 3. The molecule has 0 spiro atoms. The fourth-order valence-corrected chi connectivity index (χ4v) is 3.17. The lowest BCUT2D eigenvalue weighted by Crippen LogP contribution is -2.87. The molecule has 0 fully saturated rings. The zero-order valence-corrected chi connectivity index (χ0v) is 16.4. The van der Waals surface area contributed by atoms with E-state index in [0.717, 1.165) is 29.0 Å². The van der Waals surface area contributed by atoms with Gasteiger partial charge in [-0.3, -0.25) is 9.59 Å². The van der Waals surface area contributed by atoms with Gasteiger partial charge in [0.1, 0.15) is 0 Å². The fourth-order valence-electron chi connectivity index (χ4n) is 3.17. The van der Waals surface area contributed by atoms with Crippen molar-refractivity contribution in [1.29, 1.82) is 0 Å². The topological polar surface area (TPSA) is 88.0 Å². The van der Waals surface area contributed by atoms with Crippen molar-refractivity contribution in [3.63, 3.8) is 0 Å². The first-order valence-corrected chi connectivity index (χ1v) is 9.73. The van der Waals surface area contributed by atoms with Crippen LogP contribution in [0, 0.1) is 0 Å². The van der Waals surface area contributed by atoms with E-state index in [2.05, 4.69) is 10.6 Å². The highest BCUT2D eigenvalue weighted by Crippen LogP contribution is 2.18. The van der Waals surface area contributed by atoms with Gasteiger partial charge >= 0.3 is 0 Å². The molecular formula is C23H26N3O3+. The first kappa shape index (κ1) is 20.4. The summed E-state index contributed by atoms with van der Waals surface area (Å²) in [5.41, 5.74) is 2.89. The predicted octanol–water partition coefficient (Wildman–Crippen LogP) is 2.25. The number of rotatable bonds is 9. The SMILES string of the molecule is CCc1ccccc1NC(=O)CNC(=O)C[NH2+][C@@H](c1ccccc1)c1ccco1. The fraction of sp³-hybridized carbons (Fsp3) is 0.217. The molecule has 1 aromatic heterocycles. The standard InChI is InChI=1S/C23H25N3O3/c1-2-17-9-6-7-12-19(17)26-22(28)16-24-21(27)15-25-23(20-13-8-14-29-20)18-10-4-3-5-11-18/h3-14,23,25H,2,15-16H2,1H3,(H,24,27)(H,26,28)/p+1/t23-/m0/s1. The molecular weight excluding hydrogens is 366 g/mol. The van der Waals surface area contributed by atoms with Crippen LogP contribution < -0.4 is 16.0 Å². The summed E-state index contributed by atoms with van der Waals surface area (Å²) in [5.74, 6) is 0.319. The van der Waals surface area contributed by atoms with Crippen molar-refractivity contribution in [1.82, 2.24) is 5.32 Å². The molecule has 0 bridgehead atoms. The van der Waals surface area contributed by atoms with Crippen LogP contribution in [0.5, 0.6) is 0 Å². The third kappa shape index (κ3) is 5.80. The summed E-state index contributed by atoms with van der Waals surface area (Å²) < 4.78 is 5.54. The summed E-state index contributed by atoms with van der Waals surface area (Å²) in [4.78, 5) is 24.5. The van der Waals surface area contributed by atoms with Crippen molar-refractivity contribution in [2.24, 2.45) is 0 Å². The van der Waals surface area contributed by atoms with Gasteiger partial charge in [-0.05, 0) is 30.2 Å². The number of para-hydroxylation sites is 1. The van der Waals surface area contributed by atoms with Crippen LogP contribution in [-0.4, -0.2) is 24.9 Å². The smallest absolute Gasteiger partial charge is 0.275 e. The molecule has 4 N–H and O–H groups in total. The van der Waals surface area contributed by atoms with E-state index in [1.807, 2.05) is 79.0 Å². The number of aryl methyl sites for hydroxylation is 1. The maximum atomic E-state index is 12.3. The molecule has 2 aromatic carbocycles. The molecule has 150 valence electrons.